The second-order valence-corrected chi connectivity index (χ2v) is 12.5. The van der Waals surface area contributed by atoms with E-state index in [4.69, 9.17) is 15.0 Å². The number of benzene rings is 5. The number of hydrogen-bond acceptors (Lipinski definition) is 4. The standard InChI is InChI=1S/C42H30N6/c1-4-14-30-26(10-1)19-21-34(44-30)40-38(48-23-9-13-27-11-3-8-18-37(27)48)22-20-29-39(40)42(36-25-43-32-16-6-7-17-33(32)46-36)47-41(29)35-24-28-12-2-5-15-31(28)45-35/h1-8,10-12,14-22,24-25,45,47H,9,13,23H2. The molecule has 0 fully saturated rings. The second kappa shape index (κ2) is 10.6. The van der Waals surface area contributed by atoms with E-state index in [2.05, 4.69) is 118 Å². The molecule has 0 spiro atoms. The van der Waals surface area contributed by atoms with Crippen molar-refractivity contribution in [3.63, 3.8) is 0 Å². The number of fused-ring (bicyclic) bond motifs is 5. The lowest BCUT2D eigenvalue weighted by atomic mass is 9.94. The first-order valence-electron chi connectivity index (χ1n) is 16.5. The van der Waals surface area contributed by atoms with Gasteiger partial charge in [0.15, 0.2) is 0 Å². The number of pyridine rings is 1. The Bertz CT molecular complexity index is 2650. The minimum atomic E-state index is 0.791. The van der Waals surface area contributed by atoms with Gasteiger partial charge in [-0.2, -0.15) is 0 Å². The summed E-state index contributed by atoms with van der Waals surface area (Å²) in [5.41, 5.74) is 13.3. The van der Waals surface area contributed by atoms with Crippen LogP contribution in [0.25, 0.3) is 77.6 Å². The lowest BCUT2D eigenvalue weighted by Crippen LogP contribution is -2.25. The molecule has 2 N–H and O–H groups in total. The molecule has 0 saturated carbocycles. The molecule has 0 atom stereocenters. The Hall–Kier alpha value is -6.27. The molecule has 6 heteroatoms. The molecule has 10 rings (SSSR count). The fourth-order valence-corrected chi connectivity index (χ4v) is 7.48. The summed E-state index contributed by atoms with van der Waals surface area (Å²) in [7, 11) is 0. The van der Waals surface area contributed by atoms with Crippen LogP contribution in [0.2, 0.25) is 0 Å². The van der Waals surface area contributed by atoms with Crippen LogP contribution >= 0.6 is 0 Å². The van der Waals surface area contributed by atoms with E-state index in [1.165, 1.54) is 16.6 Å². The van der Waals surface area contributed by atoms with E-state index in [1.54, 1.807) is 0 Å². The fourth-order valence-electron chi connectivity index (χ4n) is 7.48. The van der Waals surface area contributed by atoms with Gasteiger partial charge in [0.2, 0.25) is 0 Å². The molecule has 1 aliphatic rings. The predicted molar refractivity (Wildman–Crippen MR) is 197 cm³/mol. The average Bonchev–Trinajstić information content (AvgIpc) is 3.76. The maximum absolute atomic E-state index is 5.32. The summed E-state index contributed by atoms with van der Waals surface area (Å²) < 4.78 is 0. The number of rotatable bonds is 4. The highest BCUT2D eigenvalue weighted by molar-refractivity contribution is 6.15. The number of aromatic amines is 2. The molecule has 0 bridgehead atoms. The van der Waals surface area contributed by atoms with Crippen LogP contribution in [0.4, 0.5) is 11.4 Å². The molecule has 6 nitrogen and oxygen atoms in total. The third-order valence-electron chi connectivity index (χ3n) is 9.71. The molecule has 48 heavy (non-hydrogen) atoms. The number of nitrogens with zero attached hydrogens (tertiary/aromatic N) is 4. The van der Waals surface area contributed by atoms with Gasteiger partial charge in [0.1, 0.15) is 5.69 Å². The number of aryl methyl sites for hydroxylation is 1. The number of anilines is 2. The van der Waals surface area contributed by atoms with Gasteiger partial charge in [-0.1, -0.05) is 78.9 Å². The number of nitrogens with one attached hydrogen (secondary N) is 2. The zero-order valence-corrected chi connectivity index (χ0v) is 26.1. The molecular weight excluding hydrogens is 589 g/mol. The van der Waals surface area contributed by atoms with Crippen LogP contribution in [0.1, 0.15) is 12.0 Å². The molecule has 0 radical (unpaired) electrons. The highest BCUT2D eigenvalue weighted by Crippen LogP contribution is 2.48. The second-order valence-electron chi connectivity index (χ2n) is 12.5. The highest BCUT2D eigenvalue weighted by atomic mass is 15.1. The van der Waals surface area contributed by atoms with Crippen LogP contribution in [0, 0.1) is 0 Å². The Morgan fingerprint density at radius 1 is 0.583 bits per heavy atom. The van der Waals surface area contributed by atoms with E-state index in [0.717, 1.165) is 97.3 Å². The summed E-state index contributed by atoms with van der Waals surface area (Å²) in [6, 6.07) is 44.7. The summed E-state index contributed by atoms with van der Waals surface area (Å²) >= 11 is 0. The molecule has 5 aromatic carbocycles. The Labute approximate surface area is 276 Å². The molecule has 0 aliphatic carbocycles. The van der Waals surface area contributed by atoms with Crippen molar-refractivity contribution in [3.8, 4) is 34.0 Å². The van der Waals surface area contributed by atoms with E-state index in [9.17, 15) is 0 Å². The maximum atomic E-state index is 5.32. The summed E-state index contributed by atoms with van der Waals surface area (Å²) in [4.78, 5) is 25.4. The predicted octanol–water partition coefficient (Wildman–Crippen LogP) is 10.2. The lowest BCUT2D eigenvalue weighted by Gasteiger charge is -2.33. The van der Waals surface area contributed by atoms with Gasteiger partial charge in [0, 0.05) is 44.9 Å². The van der Waals surface area contributed by atoms with Gasteiger partial charge in [0.25, 0.3) is 0 Å². The minimum absolute atomic E-state index is 0.791. The Morgan fingerprint density at radius 3 is 2.27 bits per heavy atom. The van der Waals surface area contributed by atoms with E-state index in [-0.39, 0.29) is 0 Å². The molecule has 9 aromatic rings. The molecule has 0 saturated heterocycles. The van der Waals surface area contributed by atoms with Crippen molar-refractivity contribution < 1.29 is 0 Å². The Morgan fingerprint density at radius 2 is 1.35 bits per heavy atom. The lowest BCUT2D eigenvalue weighted by molar-refractivity contribution is 0.767. The molecule has 0 unspecified atom stereocenters. The number of para-hydroxylation sites is 5. The van der Waals surface area contributed by atoms with Crippen LogP contribution in [-0.2, 0) is 6.42 Å². The molecular formula is C42H30N6. The van der Waals surface area contributed by atoms with E-state index in [1.807, 2.05) is 30.5 Å². The van der Waals surface area contributed by atoms with Crippen LogP contribution in [0.5, 0.6) is 0 Å². The number of hydrogen-bond donors (Lipinski definition) is 2. The highest BCUT2D eigenvalue weighted by Gasteiger charge is 2.27. The van der Waals surface area contributed by atoms with Gasteiger partial charge >= 0.3 is 0 Å². The molecule has 5 heterocycles. The van der Waals surface area contributed by atoms with Gasteiger partial charge in [-0.15, -0.1) is 0 Å². The first-order chi connectivity index (χ1) is 23.8. The fraction of sp³-hybridized carbons (Fsp3) is 0.0714. The van der Waals surface area contributed by atoms with E-state index in [0.29, 0.717) is 0 Å². The van der Waals surface area contributed by atoms with Gasteiger partial charge in [-0.3, -0.25) is 4.98 Å². The SMILES string of the molecule is c1ccc2c(c1)CCCN2c1ccc2c(-c3cc4ccccc4[nH]3)[nH]c(-c3cnc4ccccc4n3)c2c1-c1ccc2ccccc2n1. The summed E-state index contributed by atoms with van der Waals surface area (Å²) in [5.74, 6) is 0. The molecule has 228 valence electrons. The first-order valence-corrected chi connectivity index (χ1v) is 16.5. The van der Waals surface area contributed by atoms with Crippen LogP contribution < -0.4 is 4.90 Å². The number of H-pyrrole nitrogens is 2. The normalized spacial score (nSPS) is 13.1. The van der Waals surface area contributed by atoms with Crippen molar-refractivity contribution in [2.24, 2.45) is 0 Å². The topological polar surface area (TPSA) is 73.5 Å². The van der Waals surface area contributed by atoms with Crippen molar-refractivity contribution in [2.45, 2.75) is 12.8 Å². The molecule has 4 aromatic heterocycles. The van der Waals surface area contributed by atoms with E-state index >= 15 is 0 Å². The smallest absolute Gasteiger partial charge is 0.106 e. The number of aromatic nitrogens is 5. The van der Waals surface area contributed by atoms with Gasteiger partial charge in [0.05, 0.1) is 51.2 Å². The third kappa shape index (κ3) is 4.23. The molecule has 0 amide bonds. The van der Waals surface area contributed by atoms with Gasteiger partial charge in [-0.05, 0) is 66.9 Å². The van der Waals surface area contributed by atoms with Crippen LogP contribution in [-0.4, -0.2) is 31.5 Å². The first kappa shape index (κ1) is 26.9. The average molecular weight is 619 g/mol. The quantitative estimate of drug-likeness (QED) is 0.206. The molecule has 1 aliphatic heterocycles. The Balaban J connectivity index is 1.33. The van der Waals surface area contributed by atoms with E-state index < -0.39 is 0 Å². The van der Waals surface area contributed by atoms with Crippen molar-refractivity contribution in [1.82, 2.24) is 24.9 Å². The zero-order chi connectivity index (χ0) is 31.6. The van der Waals surface area contributed by atoms with Crippen LogP contribution in [0.15, 0.2) is 134 Å². The summed E-state index contributed by atoms with van der Waals surface area (Å²) in [6.07, 6.45) is 4.05. The summed E-state index contributed by atoms with van der Waals surface area (Å²) in [5, 5.41) is 4.47. The maximum Gasteiger partial charge on any atom is 0.106 e. The minimum Gasteiger partial charge on any atom is -0.353 e. The Kier molecular flexibility index (Phi) is 5.96. The monoisotopic (exact) mass is 618 g/mol. The van der Waals surface area contributed by atoms with Crippen molar-refractivity contribution in [2.75, 3.05) is 11.4 Å². The van der Waals surface area contributed by atoms with Crippen molar-refractivity contribution in [3.05, 3.63) is 139 Å². The summed E-state index contributed by atoms with van der Waals surface area (Å²) in [6.45, 7) is 0.924. The van der Waals surface area contributed by atoms with Gasteiger partial charge < -0.3 is 14.9 Å². The largest absolute Gasteiger partial charge is 0.353 e. The zero-order valence-electron chi connectivity index (χ0n) is 26.1. The van der Waals surface area contributed by atoms with Crippen molar-refractivity contribution >= 4 is 55.0 Å². The van der Waals surface area contributed by atoms with Crippen molar-refractivity contribution in [1.29, 1.82) is 0 Å². The van der Waals surface area contributed by atoms with Crippen LogP contribution in [0.3, 0.4) is 0 Å². The van der Waals surface area contributed by atoms with Gasteiger partial charge in [-0.25, -0.2) is 9.97 Å². The third-order valence-corrected chi connectivity index (χ3v) is 9.71.